The van der Waals surface area contributed by atoms with Crippen LogP contribution < -0.4 is 62.8 Å². The van der Waals surface area contributed by atoms with Gasteiger partial charge in [0.25, 0.3) is 5.92 Å². The van der Waals surface area contributed by atoms with Crippen molar-refractivity contribution in [3.05, 3.63) is 220 Å². The molecule has 1 atom stereocenters. The fourth-order valence-corrected chi connectivity index (χ4v) is 15.9. The first kappa shape index (κ1) is 107. The summed E-state index contributed by atoms with van der Waals surface area (Å²) in [6.07, 6.45) is 26.4. The number of aromatic nitrogens is 16. The van der Waals surface area contributed by atoms with Gasteiger partial charge in [0.15, 0.2) is 0 Å². The van der Waals surface area contributed by atoms with Gasteiger partial charge in [0, 0.05) is 238 Å². The summed E-state index contributed by atoms with van der Waals surface area (Å²) in [6, 6.07) is 47.0. The molecule has 140 heavy (non-hydrogen) atoms. The van der Waals surface area contributed by atoms with E-state index < -0.39 is 5.92 Å². The summed E-state index contributed by atoms with van der Waals surface area (Å²) < 4.78 is 82.4. The van der Waals surface area contributed by atoms with Gasteiger partial charge in [-0.1, -0.05) is 42.3 Å². The van der Waals surface area contributed by atoms with Crippen LogP contribution in [0.15, 0.2) is 225 Å². The quantitative estimate of drug-likeness (QED) is 0.0149. The molecule has 3 N–H and O–H groups in total. The van der Waals surface area contributed by atoms with Crippen molar-refractivity contribution in [1.82, 2.24) is 89.6 Å². The van der Waals surface area contributed by atoms with Crippen LogP contribution in [0.25, 0.3) is 89.2 Å². The first-order valence-electron chi connectivity index (χ1n) is 43.9. The van der Waals surface area contributed by atoms with Crippen LogP contribution in [0, 0.1) is 0 Å². The van der Waals surface area contributed by atoms with Crippen molar-refractivity contribution in [3.8, 4) is 91.0 Å². The molecule has 1 unspecified atom stereocenters. The third-order valence-electron chi connectivity index (χ3n) is 22.8. The Balaban J connectivity index is 0.000000191. The van der Waals surface area contributed by atoms with E-state index in [0.717, 1.165) is 210 Å². The normalized spacial score (nSPS) is 13.1. The van der Waals surface area contributed by atoms with E-state index in [9.17, 15) is 14.0 Å². The molecule has 10 heterocycles. The Labute approximate surface area is 822 Å². The Hall–Kier alpha value is -14.9. The maximum atomic E-state index is 13.7. The number of anilines is 8. The topological polar surface area (TPSA) is 329 Å². The molecule has 0 spiro atoms. The van der Waals surface area contributed by atoms with Gasteiger partial charge in [0.05, 0.1) is 192 Å². The number of oxime groups is 1. The highest BCUT2D eigenvalue weighted by molar-refractivity contribution is 6.17. The molecule has 2 saturated heterocycles. The van der Waals surface area contributed by atoms with Crippen LogP contribution >= 0.6 is 11.6 Å². The lowest BCUT2D eigenvalue weighted by atomic mass is 10.1. The standard InChI is InChI=1S/C27H30ClN5O3.C27H30F2N6O2.C23H24N6O3.C22H24N6O2.5CH4/c1-34-22-12-21(13-23(15-22)35-2)32(10-5-9-28)20-7-8-24-25(14-20)31-26(17-29-24)19-16-30-33(18-19)27-6-3-4-11-36-27;1-33-17-19(15-31-33)26-16-30-24-6-5-20(13-25(24)32-26)35(9-4-8-34-10-7-27(28,29)18-34)21-11-22(36-2)14-23(12-21)37-3;1-15(27-30)13-29(18-7-19(31-3)10-20(8-18)32-4)17-5-6-21-22(9-17)26-23(12-24-21)16-11-25-28(2)14-16;1-23-6-7-28(17-8-18(29-2)11-19(9-17)30-3)16-4-5-20-21(10-16)27-22(14-24-20)15-12-25-26-13-15;;;;;/h7-8,12-18,27H,3-6,9-11H2,1-2H3;5-6,11-17H,4,7-10,18H2,1-3H3;5-12,14,30H,13H2,1-4H3;4-5,8-14,23H,6-7H2,1-3H3,(H,25,26);5*1H4/b;;27-15+;;;;;;. The van der Waals surface area contributed by atoms with Crippen molar-refractivity contribution in [3.63, 3.8) is 0 Å². The number of likely N-dealkylation sites (N-methyl/N-ethyl adjacent to an activating group) is 1. The molecule has 18 rings (SSSR count). The molecular formula is C104H128ClF2N23O10. The highest BCUT2D eigenvalue weighted by Gasteiger charge is 2.38. The van der Waals surface area contributed by atoms with Crippen molar-refractivity contribution in [2.24, 2.45) is 19.3 Å². The number of aryl methyl sites for hydroxylation is 2. The first-order chi connectivity index (χ1) is 65.7. The average Bonchev–Trinajstić information content (AvgIpc) is 1.33. The van der Waals surface area contributed by atoms with Crippen LogP contribution in [0.3, 0.4) is 0 Å². The average molecular weight is 1930 g/mol. The molecule has 2 aliphatic heterocycles. The van der Waals surface area contributed by atoms with E-state index in [0.29, 0.717) is 67.2 Å². The van der Waals surface area contributed by atoms with Gasteiger partial charge in [-0.15, -0.1) is 11.6 Å². The maximum absolute atomic E-state index is 13.7. The number of nitrogens with zero attached hydrogens (tertiary/aromatic N) is 21. The van der Waals surface area contributed by atoms with Gasteiger partial charge in [0.2, 0.25) is 0 Å². The number of ether oxygens (including phenoxy) is 9. The predicted octanol–water partition coefficient (Wildman–Crippen LogP) is 21.5. The van der Waals surface area contributed by atoms with Crippen LogP contribution in [0.4, 0.5) is 54.3 Å². The minimum Gasteiger partial charge on any atom is -0.497 e. The number of halogens is 3. The number of H-pyrrole nitrogens is 1. The Morgan fingerprint density at radius 3 is 1.17 bits per heavy atom. The first-order valence-corrected chi connectivity index (χ1v) is 44.5. The lowest BCUT2D eigenvalue weighted by molar-refractivity contribution is -0.0394. The number of aromatic amines is 1. The third-order valence-corrected chi connectivity index (χ3v) is 23.1. The summed E-state index contributed by atoms with van der Waals surface area (Å²) in [7, 11) is 18.7. The van der Waals surface area contributed by atoms with Gasteiger partial charge in [-0.3, -0.25) is 39.3 Å². The molecule has 36 heteroatoms. The van der Waals surface area contributed by atoms with Crippen LogP contribution in [0.2, 0.25) is 0 Å². The largest absolute Gasteiger partial charge is 0.497 e. The van der Waals surface area contributed by atoms with Gasteiger partial charge < -0.3 is 72.8 Å². The zero-order valence-corrected chi connectivity index (χ0v) is 78.1. The van der Waals surface area contributed by atoms with Crippen molar-refractivity contribution >= 4 is 107 Å². The summed E-state index contributed by atoms with van der Waals surface area (Å²) >= 11 is 6.06. The van der Waals surface area contributed by atoms with Gasteiger partial charge in [-0.05, 0) is 119 Å². The molecule has 0 radical (unpaired) electrons. The second-order valence-corrected chi connectivity index (χ2v) is 32.5. The predicted molar refractivity (Wildman–Crippen MR) is 555 cm³/mol. The molecule has 2 aliphatic rings. The van der Waals surface area contributed by atoms with Crippen LogP contribution in [-0.2, 0) is 18.8 Å². The molecule has 0 amide bonds. The van der Waals surface area contributed by atoms with Gasteiger partial charge in [-0.25, -0.2) is 33.4 Å². The molecule has 0 bridgehead atoms. The molecule has 16 aromatic rings. The minimum absolute atomic E-state index is 0. The number of alkyl halides is 3. The van der Waals surface area contributed by atoms with Gasteiger partial charge >= 0.3 is 0 Å². The number of rotatable bonds is 33. The summed E-state index contributed by atoms with van der Waals surface area (Å²) in [6.45, 7) is 6.62. The second kappa shape index (κ2) is 50.4. The Morgan fingerprint density at radius 1 is 0.464 bits per heavy atom. The zero-order valence-electron chi connectivity index (χ0n) is 77.3. The van der Waals surface area contributed by atoms with E-state index in [-0.39, 0.29) is 56.3 Å². The monoisotopic (exact) mass is 1930 g/mol. The molecule has 33 nitrogen and oxygen atoms in total. The summed E-state index contributed by atoms with van der Waals surface area (Å²) in [5.74, 6) is 3.53. The Kier molecular flexibility index (Phi) is 38.6. The molecule has 0 saturated carbocycles. The summed E-state index contributed by atoms with van der Waals surface area (Å²) in [4.78, 5) is 48.1. The Morgan fingerprint density at radius 2 is 0.836 bits per heavy atom. The van der Waals surface area contributed by atoms with E-state index in [2.05, 4.69) is 88.8 Å². The number of benzene rings is 8. The lowest BCUT2D eigenvalue weighted by Gasteiger charge is -2.27. The van der Waals surface area contributed by atoms with Crippen molar-refractivity contribution in [2.45, 2.75) is 94.7 Å². The fourth-order valence-electron chi connectivity index (χ4n) is 15.8. The zero-order chi connectivity index (χ0) is 94.5. The highest BCUT2D eigenvalue weighted by atomic mass is 35.5. The molecule has 2 fully saturated rings. The highest BCUT2D eigenvalue weighted by Crippen LogP contribution is 2.41. The van der Waals surface area contributed by atoms with Gasteiger partial charge in [-0.2, -0.15) is 20.4 Å². The number of likely N-dealkylation sites (tertiary alicyclic amines) is 1. The van der Waals surface area contributed by atoms with E-state index in [4.69, 9.17) is 74.2 Å². The smallest absolute Gasteiger partial charge is 0.261 e. The number of methoxy groups -OCH3 is 8. The van der Waals surface area contributed by atoms with Crippen molar-refractivity contribution < 1.29 is 56.6 Å². The van der Waals surface area contributed by atoms with Crippen molar-refractivity contribution in [2.75, 3.05) is 148 Å². The molecular weight excluding hydrogens is 1800 g/mol. The fraction of sp³-hybridized carbons (Fsp3) is 0.337. The van der Waals surface area contributed by atoms with Crippen molar-refractivity contribution in [1.29, 1.82) is 0 Å². The Bertz CT molecular complexity index is 6630. The summed E-state index contributed by atoms with van der Waals surface area (Å²) in [5.41, 5.74) is 20.9. The summed E-state index contributed by atoms with van der Waals surface area (Å²) in [5, 5.41) is 35.7. The third kappa shape index (κ3) is 26.7. The van der Waals surface area contributed by atoms with E-state index in [1.165, 1.54) is 0 Å². The minimum atomic E-state index is -2.59. The van der Waals surface area contributed by atoms with Crippen LogP contribution in [-0.4, -0.2) is 230 Å². The molecule has 0 aliphatic carbocycles. The van der Waals surface area contributed by atoms with Crippen LogP contribution in [0.5, 0.6) is 46.0 Å². The number of nitrogens with one attached hydrogen (secondary N) is 2. The molecule has 8 aromatic carbocycles. The van der Waals surface area contributed by atoms with E-state index in [1.54, 1.807) is 129 Å². The SMILES string of the molecule is C.C.C.C.C.CNCCN(c1cc(OC)cc(OC)c1)c1ccc2ncc(-c3cn[nH]c3)nc2c1.COc1cc(OC)cc(N(C/C(C)=N/O)c2ccc3ncc(-c4cnn(C)c4)nc3c2)c1.COc1cc(OC)cc(N(CCCCl)c2ccc3ncc(-c4cnn(C5CCCCO5)c4)nc3c2)c1.COc1cc(OC)cc(N(CCCN2CCC(F)(F)C2)c2ccc3ncc(-c4cnn(C)c4)nc3c2)c1. The molecule has 8 aromatic heterocycles. The maximum Gasteiger partial charge on any atom is 0.261 e. The lowest BCUT2D eigenvalue weighted by Crippen LogP contribution is -2.29. The number of hydrogen-bond donors (Lipinski definition) is 3. The van der Waals surface area contributed by atoms with E-state index in [1.807, 2.05) is 182 Å². The number of hydrogen-bond acceptors (Lipinski definition) is 29. The van der Waals surface area contributed by atoms with E-state index >= 15 is 0 Å². The van der Waals surface area contributed by atoms with Crippen LogP contribution in [0.1, 0.15) is 88.8 Å². The number of fused-ring (bicyclic) bond motifs is 4. The van der Waals surface area contributed by atoms with Gasteiger partial charge in [0.1, 0.15) is 52.2 Å². The molecule has 740 valence electrons. The second-order valence-electron chi connectivity index (χ2n) is 32.1.